The number of aliphatic hydroxyl groups excluding tert-OH is 2. The van der Waals surface area contributed by atoms with Crippen molar-refractivity contribution in [3.63, 3.8) is 0 Å². The van der Waals surface area contributed by atoms with E-state index in [1.54, 1.807) is 40.2 Å². The maximum atomic E-state index is 14.3. The van der Waals surface area contributed by atoms with Crippen molar-refractivity contribution < 1.29 is 67.5 Å². The second-order valence-electron chi connectivity index (χ2n) is 18.8. The number of aliphatic hydroxyl groups is 3. The van der Waals surface area contributed by atoms with E-state index in [1.165, 1.54) is 0 Å². The summed E-state index contributed by atoms with van der Waals surface area (Å²) in [5.41, 5.74) is 0.129. The first-order valence-electron chi connectivity index (χ1n) is 22.3. The van der Waals surface area contributed by atoms with Gasteiger partial charge >= 0.3 is 5.97 Å². The van der Waals surface area contributed by atoms with Crippen LogP contribution in [0, 0.1) is 23.7 Å². The molecule has 0 amide bonds. The van der Waals surface area contributed by atoms with E-state index >= 15 is 0 Å². The zero-order valence-corrected chi connectivity index (χ0v) is 37.5. The van der Waals surface area contributed by atoms with Crippen LogP contribution in [-0.4, -0.2) is 139 Å². The molecule has 0 radical (unpaired) electrons. The molecule has 14 heteroatoms. The summed E-state index contributed by atoms with van der Waals surface area (Å²) in [4.78, 5) is 14.3. The molecular weight excluding hydrogens is 789 g/mol. The Morgan fingerprint density at radius 3 is 2.28 bits per heavy atom. The highest BCUT2D eigenvalue weighted by Crippen LogP contribution is 2.47. The van der Waals surface area contributed by atoms with Gasteiger partial charge in [-0.2, -0.15) is 0 Å². The summed E-state index contributed by atoms with van der Waals surface area (Å²) >= 11 is 0. The third-order valence-electron chi connectivity index (χ3n) is 14.0. The van der Waals surface area contributed by atoms with Gasteiger partial charge in [0.15, 0.2) is 18.4 Å². The Hall–Kier alpha value is -2.31. The first kappa shape index (κ1) is 46.7. The normalized spacial score (nSPS) is 47.1. The number of hydrogen-bond acceptors (Lipinski definition) is 14. The quantitative estimate of drug-likeness (QED) is 0.231. The molecule has 7 rings (SSSR count). The van der Waals surface area contributed by atoms with Gasteiger partial charge in [0.1, 0.15) is 42.0 Å². The molecular formula is C47H70O14. The Bertz CT molecular complexity index is 1710. The first-order valence-corrected chi connectivity index (χ1v) is 22.3. The SMILES string of the molecule is COC1CC(OC2C(C)OC(OC3C(C)=CCC4CC(C[C@]5(C=CC(C)C(C(C)C)O5)O4)OC(=O)C4C=C(C)C(O)C5OCC(=CC=CC3C)[C@@]45O)CC2OC)OC(C)C1O. The van der Waals surface area contributed by atoms with Crippen molar-refractivity contribution in [3.05, 3.63) is 59.3 Å². The molecule has 17 unspecified atom stereocenters. The summed E-state index contributed by atoms with van der Waals surface area (Å²) in [7, 11) is 3.22. The van der Waals surface area contributed by atoms with Crippen molar-refractivity contribution in [1.29, 1.82) is 0 Å². The highest BCUT2D eigenvalue weighted by molar-refractivity contribution is 5.78. The van der Waals surface area contributed by atoms with E-state index in [9.17, 15) is 20.1 Å². The molecule has 4 fully saturated rings. The topological polar surface area (TPSA) is 170 Å². The highest BCUT2D eigenvalue weighted by atomic mass is 16.7. The van der Waals surface area contributed by atoms with E-state index in [0.717, 1.165) is 5.57 Å². The Morgan fingerprint density at radius 2 is 1.56 bits per heavy atom. The average molecular weight is 859 g/mol. The van der Waals surface area contributed by atoms with E-state index in [2.05, 4.69) is 39.8 Å². The molecule has 3 N–H and O–H groups in total. The predicted octanol–water partition coefficient (Wildman–Crippen LogP) is 4.99. The van der Waals surface area contributed by atoms with Crippen molar-refractivity contribution in [3.8, 4) is 0 Å². The minimum atomic E-state index is -1.83. The maximum Gasteiger partial charge on any atom is 0.316 e. The molecule has 0 saturated carbocycles. The lowest BCUT2D eigenvalue weighted by molar-refractivity contribution is -0.318. The summed E-state index contributed by atoms with van der Waals surface area (Å²) in [6.45, 7) is 16.0. The van der Waals surface area contributed by atoms with Crippen LogP contribution in [0.2, 0.25) is 0 Å². The first-order chi connectivity index (χ1) is 29.0. The fraction of sp³-hybridized carbons (Fsp3) is 0.766. The van der Waals surface area contributed by atoms with Gasteiger partial charge in [0.25, 0.3) is 0 Å². The number of carbonyl (C=O) groups is 1. The fourth-order valence-electron chi connectivity index (χ4n) is 10.4. The van der Waals surface area contributed by atoms with Gasteiger partial charge in [0, 0.05) is 51.7 Å². The number of carbonyl (C=O) groups excluding carboxylic acids is 1. The summed E-state index contributed by atoms with van der Waals surface area (Å²) in [5.74, 6) is -2.62. The van der Waals surface area contributed by atoms with Crippen LogP contribution in [-0.2, 0) is 52.2 Å². The second-order valence-corrected chi connectivity index (χ2v) is 18.8. The second kappa shape index (κ2) is 19.0. The van der Waals surface area contributed by atoms with Crippen LogP contribution in [0.1, 0.15) is 87.5 Å². The molecule has 1 aliphatic carbocycles. The van der Waals surface area contributed by atoms with Crippen LogP contribution in [0.5, 0.6) is 0 Å². The lowest BCUT2D eigenvalue weighted by Crippen LogP contribution is -2.58. The molecule has 1 spiro atoms. The zero-order chi connectivity index (χ0) is 44.0. The van der Waals surface area contributed by atoms with Gasteiger partial charge in [0.05, 0.1) is 49.3 Å². The fourth-order valence-corrected chi connectivity index (χ4v) is 10.4. The number of allylic oxidation sites excluding steroid dienone is 2. The monoisotopic (exact) mass is 858 g/mol. The molecule has 61 heavy (non-hydrogen) atoms. The van der Waals surface area contributed by atoms with Gasteiger partial charge in [-0.1, -0.05) is 64.2 Å². The van der Waals surface area contributed by atoms with Gasteiger partial charge in [0.2, 0.25) is 0 Å². The number of esters is 1. The third kappa shape index (κ3) is 9.58. The van der Waals surface area contributed by atoms with Gasteiger partial charge in [-0.25, -0.2) is 0 Å². The number of ether oxygens (including phenoxy) is 10. The Balaban J connectivity index is 1.18. The van der Waals surface area contributed by atoms with Gasteiger partial charge in [-0.15, -0.1) is 0 Å². The summed E-state index contributed by atoms with van der Waals surface area (Å²) in [5, 5.41) is 34.2. The molecule has 19 atom stereocenters. The van der Waals surface area contributed by atoms with E-state index in [4.69, 9.17) is 47.4 Å². The minimum Gasteiger partial charge on any atom is -0.462 e. The average Bonchev–Trinajstić information content (AvgIpc) is 3.56. The van der Waals surface area contributed by atoms with Crippen LogP contribution < -0.4 is 0 Å². The summed E-state index contributed by atoms with van der Waals surface area (Å²) in [6, 6.07) is 0. The van der Waals surface area contributed by atoms with Crippen molar-refractivity contribution in [2.24, 2.45) is 23.7 Å². The van der Waals surface area contributed by atoms with Crippen LogP contribution in [0.3, 0.4) is 0 Å². The van der Waals surface area contributed by atoms with Crippen LogP contribution >= 0.6 is 0 Å². The molecule has 2 bridgehead atoms. The Kier molecular flexibility index (Phi) is 14.6. The number of hydrogen-bond donors (Lipinski definition) is 3. The van der Waals surface area contributed by atoms with Gasteiger partial charge in [-0.3, -0.25) is 4.79 Å². The van der Waals surface area contributed by atoms with Crippen molar-refractivity contribution in [1.82, 2.24) is 0 Å². The number of rotatable bonds is 7. The largest absolute Gasteiger partial charge is 0.462 e. The van der Waals surface area contributed by atoms with Crippen molar-refractivity contribution in [2.45, 2.75) is 185 Å². The van der Waals surface area contributed by atoms with Crippen molar-refractivity contribution in [2.75, 3.05) is 20.8 Å². The van der Waals surface area contributed by atoms with E-state index in [-0.39, 0.29) is 42.7 Å². The third-order valence-corrected chi connectivity index (χ3v) is 14.0. The predicted molar refractivity (Wildman–Crippen MR) is 223 cm³/mol. The van der Waals surface area contributed by atoms with Gasteiger partial charge < -0.3 is 62.7 Å². The summed E-state index contributed by atoms with van der Waals surface area (Å²) in [6.07, 6.45) is 7.54. The molecule has 4 saturated heterocycles. The maximum absolute atomic E-state index is 14.3. The Labute approximate surface area is 361 Å². The molecule has 7 aliphatic rings. The van der Waals surface area contributed by atoms with E-state index in [1.807, 2.05) is 32.1 Å². The molecule has 6 aliphatic heterocycles. The summed E-state index contributed by atoms with van der Waals surface area (Å²) < 4.78 is 63.5. The van der Waals surface area contributed by atoms with Crippen LogP contribution in [0.15, 0.2) is 59.3 Å². The number of fused-ring (bicyclic) bond motifs is 2. The molecule has 6 heterocycles. The highest BCUT2D eigenvalue weighted by Gasteiger charge is 2.60. The Morgan fingerprint density at radius 1 is 0.852 bits per heavy atom. The van der Waals surface area contributed by atoms with E-state index in [0.29, 0.717) is 43.3 Å². The molecule has 342 valence electrons. The van der Waals surface area contributed by atoms with Gasteiger partial charge in [-0.05, 0) is 62.8 Å². The van der Waals surface area contributed by atoms with E-state index < -0.39 is 90.8 Å². The minimum absolute atomic E-state index is 0.0313. The molecule has 0 aromatic heterocycles. The lowest BCUT2D eigenvalue weighted by atomic mass is 9.71. The smallest absolute Gasteiger partial charge is 0.316 e. The van der Waals surface area contributed by atoms with Crippen LogP contribution in [0.25, 0.3) is 0 Å². The lowest BCUT2D eigenvalue weighted by Gasteiger charge is -2.48. The van der Waals surface area contributed by atoms with Crippen molar-refractivity contribution >= 4 is 5.97 Å². The molecule has 0 aromatic carbocycles. The van der Waals surface area contributed by atoms with Crippen LogP contribution in [0.4, 0.5) is 0 Å². The number of methoxy groups -OCH3 is 2. The zero-order valence-electron chi connectivity index (χ0n) is 37.5. The molecule has 0 aromatic rings. The molecule has 14 nitrogen and oxygen atoms in total. The standard InChI is InChI=1S/C47H70O14/c1-24(2)41-27(5)16-17-46(61-41)22-33-19-32(60-46)15-14-26(4)42(25(3)12-11-13-31-23-54-44-39(48)28(6)18-34(45(50)57-33)47(31,44)51)58-38-21-36(53-10)43(30(8)56-38)59-37-20-35(52-9)40(49)29(7)55-37/h11-14,16-18,24-25,27,29-30,32-44,48-49,51H,15,19-23H2,1-10H3/t25?,27?,29?,30?,32?,33?,34?,35?,36?,37?,38?,39?,40?,41?,42?,43?,44?,46-,47-/m1/s1.